The summed E-state index contributed by atoms with van der Waals surface area (Å²) in [6, 6.07) is 8.17. The summed E-state index contributed by atoms with van der Waals surface area (Å²) in [6.45, 7) is 3.19. The third kappa shape index (κ3) is 2.73. The third-order valence-corrected chi connectivity index (χ3v) is 5.30. The number of amides is 1. The van der Waals surface area contributed by atoms with Gasteiger partial charge in [-0.3, -0.25) is 4.79 Å². The Morgan fingerprint density at radius 1 is 1.30 bits per heavy atom. The molecule has 0 heterocycles. The van der Waals surface area contributed by atoms with Gasteiger partial charge in [0.25, 0.3) is 0 Å². The third-order valence-electron chi connectivity index (χ3n) is 5.30. The minimum Gasteiger partial charge on any atom is -0.366 e. The number of benzene rings is 1. The summed E-state index contributed by atoms with van der Waals surface area (Å²) in [7, 11) is 0. The lowest BCUT2D eigenvalue weighted by atomic mass is 9.84. The van der Waals surface area contributed by atoms with Gasteiger partial charge in [-0.1, -0.05) is 18.6 Å². The predicted molar refractivity (Wildman–Crippen MR) is 80.2 cm³/mol. The zero-order valence-electron chi connectivity index (χ0n) is 12.1. The maximum atomic E-state index is 11.0. The Hall–Kier alpha value is -1.35. The van der Waals surface area contributed by atoms with Crippen molar-refractivity contribution in [3.05, 3.63) is 35.4 Å². The summed E-state index contributed by atoms with van der Waals surface area (Å²) in [5, 5.41) is 3.66. The molecule has 2 aliphatic rings. The van der Waals surface area contributed by atoms with E-state index in [1.807, 2.05) is 24.3 Å². The number of carbonyl (C=O) groups is 1. The van der Waals surface area contributed by atoms with Gasteiger partial charge in [0.1, 0.15) is 0 Å². The van der Waals surface area contributed by atoms with Crippen molar-refractivity contribution < 1.29 is 4.79 Å². The summed E-state index contributed by atoms with van der Waals surface area (Å²) < 4.78 is 0. The Labute approximate surface area is 120 Å². The average Bonchev–Trinajstić information content (AvgIpc) is 3.08. The highest BCUT2D eigenvalue weighted by atomic mass is 16.1. The van der Waals surface area contributed by atoms with E-state index in [2.05, 4.69) is 12.2 Å². The van der Waals surface area contributed by atoms with E-state index < -0.39 is 0 Å². The van der Waals surface area contributed by atoms with Gasteiger partial charge in [0.2, 0.25) is 5.91 Å². The van der Waals surface area contributed by atoms with Crippen molar-refractivity contribution in [1.82, 2.24) is 5.32 Å². The van der Waals surface area contributed by atoms with Crippen LogP contribution in [0.1, 0.15) is 48.5 Å². The smallest absolute Gasteiger partial charge is 0.248 e. The first-order valence-corrected chi connectivity index (χ1v) is 7.75. The number of nitrogens with one attached hydrogen (secondary N) is 1. The summed E-state index contributed by atoms with van der Waals surface area (Å²) >= 11 is 0. The van der Waals surface area contributed by atoms with Crippen molar-refractivity contribution in [2.24, 2.45) is 23.5 Å². The van der Waals surface area contributed by atoms with E-state index in [1.54, 1.807) is 0 Å². The van der Waals surface area contributed by atoms with E-state index >= 15 is 0 Å². The summed E-state index contributed by atoms with van der Waals surface area (Å²) in [5.74, 6) is 2.46. The molecule has 3 nitrogen and oxygen atoms in total. The summed E-state index contributed by atoms with van der Waals surface area (Å²) in [6.07, 6.45) is 5.78. The second-order valence-electron chi connectivity index (χ2n) is 6.57. The lowest BCUT2D eigenvalue weighted by Gasteiger charge is -2.28. The number of rotatable bonds is 5. The molecule has 2 aliphatic carbocycles. The zero-order chi connectivity index (χ0) is 14.1. The first-order chi connectivity index (χ1) is 9.63. The predicted octanol–water partition coefficient (Wildman–Crippen LogP) is 2.70. The molecule has 3 heteroatoms. The largest absolute Gasteiger partial charge is 0.366 e. The quantitative estimate of drug-likeness (QED) is 0.866. The van der Waals surface area contributed by atoms with Crippen molar-refractivity contribution in [2.75, 3.05) is 0 Å². The fraction of sp³-hybridized carbons (Fsp3) is 0.588. The van der Waals surface area contributed by atoms with Gasteiger partial charge in [0, 0.05) is 18.2 Å². The van der Waals surface area contributed by atoms with Gasteiger partial charge in [-0.05, 0) is 61.6 Å². The monoisotopic (exact) mass is 272 g/mol. The molecular weight excluding hydrogens is 248 g/mol. The molecule has 4 unspecified atom stereocenters. The van der Waals surface area contributed by atoms with Crippen LogP contribution in [-0.4, -0.2) is 11.9 Å². The van der Waals surface area contributed by atoms with Crippen LogP contribution < -0.4 is 11.1 Å². The number of hydrogen-bond acceptors (Lipinski definition) is 2. The topological polar surface area (TPSA) is 55.1 Å². The lowest BCUT2D eigenvalue weighted by molar-refractivity contribution is 0.100. The average molecular weight is 272 g/mol. The Morgan fingerprint density at radius 2 is 2.05 bits per heavy atom. The van der Waals surface area contributed by atoms with Gasteiger partial charge in [0.05, 0.1) is 0 Å². The highest BCUT2D eigenvalue weighted by Gasteiger charge is 2.41. The van der Waals surface area contributed by atoms with Crippen LogP contribution in [0.2, 0.25) is 0 Å². The van der Waals surface area contributed by atoms with E-state index in [0.717, 1.165) is 24.3 Å². The van der Waals surface area contributed by atoms with E-state index in [9.17, 15) is 4.79 Å². The van der Waals surface area contributed by atoms with Gasteiger partial charge in [-0.15, -0.1) is 0 Å². The number of carbonyl (C=O) groups excluding carboxylic acids is 1. The van der Waals surface area contributed by atoms with Crippen LogP contribution in [0.4, 0.5) is 0 Å². The lowest BCUT2D eigenvalue weighted by Crippen LogP contribution is -2.35. The van der Waals surface area contributed by atoms with Crippen molar-refractivity contribution in [2.45, 2.75) is 45.2 Å². The highest BCUT2D eigenvalue weighted by molar-refractivity contribution is 5.92. The molecular formula is C17H24N2O. The fourth-order valence-electron chi connectivity index (χ4n) is 4.12. The van der Waals surface area contributed by atoms with Gasteiger partial charge in [-0.25, -0.2) is 0 Å². The molecule has 2 bridgehead atoms. The summed E-state index contributed by atoms with van der Waals surface area (Å²) in [5.41, 5.74) is 7.04. The van der Waals surface area contributed by atoms with Gasteiger partial charge in [-0.2, -0.15) is 0 Å². The van der Waals surface area contributed by atoms with Crippen molar-refractivity contribution in [1.29, 1.82) is 0 Å². The fourth-order valence-corrected chi connectivity index (χ4v) is 4.12. The first-order valence-electron chi connectivity index (χ1n) is 7.75. The number of primary amides is 1. The maximum Gasteiger partial charge on any atom is 0.248 e. The van der Waals surface area contributed by atoms with E-state index in [1.165, 1.54) is 31.2 Å². The Bertz CT molecular complexity index is 482. The molecule has 0 aliphatic heterocycles. The Morgan fingerprint density at radius 3 is 2.60 bits per heavy atom. The van der Waals surface area contributed by atoms with Crippen LogP contribution in [0.15, 0.2) is 24.3 Å². The SMILES string of the molecule is CC(NCc1ccc(C(N)=O)cc1)C1CC2CCC1C2. The standard InChI is InChI=1S/C17H24N2O/c1-11(16-9-13-4-7-15(16)8-13)19-10-12-2-5-14(6-3-12)17(18)20/h2-3,5-6,11,13,15-16,19H,4,7-10H2,1H3,(H2,18,20). The molecule has 4 atom stereocenters. The second kappa shape index (κ2) is 5.57. The minimum absolute atomic E-state index is 0.361. The summed E-state index contributed by atoms with van der Waals surface area (Å²) in [4.78, 5) is 11.0. The molecule has 1 amide bonds. The number of fused-ring (bicyclic) bond motifs is 2. The minimum atomic E-state index is -0.361. The van der Waals surface area contributed by atoms with Crippen LogP contribution in [0.25, 0.3) is 0 Å². The molecule has 1 aromatic rings. The molecule has 3 rings (SSSR count). The van der Waals surface area contributed by atoms with Crippen molar-refractivity contribution >= 4 is 5.91 Å². The zero-order valence-corrected chi connectivity index (χ0v) is 12.1. The van der Waals surface area contributed by atoms with Gasteiger partial charge >= 0.3 is 0 Å². The molecule has 108 valence electrons. The first kappa shape index (κ1) is 13.6. The molecule has 0 saturated heterocycles. The highest BCUT2D eigenvalue weighted by Crippen LogP contribution is 2.49. The van der Waals surface area contributed by atoms with Gasteiger partial charge in [0.15, 0.2) is 0 Å². The van der Waals surface area contributed by atoms with Crippen molar-refractivity contribution in [3.8, 4) is 0 Å². The molecule has 3 N–H and O–H groups in total. The maximum absolute atomic E-state index is 11.0. The number of hydrogen-bond donors (Lipinski definition) is 2. The normalized spacial score (nSPS) is 29.6. The molecule has 2 fully saturated rings. The number of nitrogens with two attached hydrogens (primary N) is 1. The molecule has 0 radical (unpaired) electrons. The molecule has 1 aromatic carbocycles. The molecule has 0 aromatic heterocycles. The van der Waals surface area contributed by atoms with Crippen LogP contribution in [0, 0.1) is 17.8 Å². The Balaban J connectivity index is 1.52. The van der Waals surface area contributed by atoms with Crippen molar-refractivity contribution in [3.63, 3.8) is 0 Å². The van der Waals surface area contributed by atoms with Crippen LogP contribution in [0.5, 0.6) is 0 Å². The second-order valence-corrected chi connectivity index (χ2v) is 6.57. The molecule has 20 heavy (non-hydrogen) atoms. The Kier molecular flexibility index (Phi) is 3.79. The van der Waals surface area contributed by atoms with E-state index in [4.69, 9.17) is 5.73 Å². The van der Waals surface area contributed by atoms with Crippen LogP contribution >= 0.6 is 0 Å². The van der Waals surface area contributed by atoms with E-state index in [-0.39, 0.29) is 5.91 Å². The van der Waals surface area contributed by atoms with Gasteiger partial charge < -0.3 is 11.1 Å². The van der Waals surface area contributed by atoms with Crippen LogP contribution in [-0.2, 0) is 6.54 Å². The van der Waals surface area contributed by atoms with Crippen LogP contribution in [0.3, 0.4) is 0 Å². The molecule has 0 spiro atoms. The molecule has 2 saturated carbocycles. The van der Waals surface area contributed by atoms with E-state index in [0.29, 0.717) is 11.6 Å².